The Morgan fingerprint density at radius 1 is 1.11 bits per heavy atom. The molecule has 196 valence electrons. The fourth-order valence-electron chi connectivity index (χ4n) is 3.84. The molecule has 1 amide bonds. The zero-order valence-electron chi connectivity index (χ0n) is 20.0. The minimum atomic E-state index is -4.72. The Morgan fingerprint density at radius 3 is 2.58 bits per heavy atom. The maximum Gasteiger partial charge on any atom is 0.433 e. The van der Waals surface area contributed by atoms with Crippen LogP contribution in [0.3, 0.4) is 0 Å². The second kappa shape index (κ2) is 9.84. The molecular weight excluding hydrogens is 544 g/mol. The highest BCUT2D eigenvalue weighted by Gasteiger charge is 2.36. The highest BCUT2D eigenvalue weighted by Crippen LogP contribution is 2.34. The van der Waals surface area contributed by atoms with Gasteiger partial charge in [-0.25, -0.2) is 13.9 Å². The number of rotatable bonds is 6. The van der Waals surface area contributed by atoms with E-state index in [4.69, 9.17) is 11.6 Å². The molecule has 1 N–H and O–H groups in total. The molecule has 0 saturated carbocycles. The summed E-state index contributed by atoms with van der Waals surface area (Å²) in [5.74, 6) is -1.05. The van der Waals surface area contributed by atoms with Gasteiger partial charge in [-0.3, -0.25) is 9.48 Å². The topological polar surface area (TPSA) is 77.1 Å². The standard InChI is InChI=1S/C25H19ClF4N6OS/c1-3-16-6-7-20(38-16)18-10-21(25(28,29)30)36-23(31-18)11-19(33-36)24(37)32-22-8-13(2)35(34-22)12-14-4-5-15(27)9-17(14)26/h4-11H,3,12H2,1-2H3,(H,32,34,37). The van der Waals surface area contributed by atoms with Crippen LogP contribution in [0.15, 0.2) is 48.5 Å². The molecule has 0 aliphatic rings. The van der Waals surface area contributed by atoms with Gasteiger partial charge >= 0.3 is 6.18 Å². The van der Waals surface area contributed by atoms with Gasteiger partial charge in [0, 0.05) is 27.7 Å². The van der Waals surface area contributed by atoms with Crippen LogP contribution in [0.4, 0.5) is 23.4 Å². The summed E-state index contributed by atoms with van der Waals surface area (Å²) in [6.07, 6.45) is -3.97. The van der Waals surface area contributed by atoms with Crippen molar-refractivity contribution in [2.24, 2.45) is 0 Å². The van der Waals surface area contributed by atoms with Gasteiger partial charge in [0.05, 0.1) is 17.1 Å². The zero-order valence-corrected chi connectivity index (χ0v) is 21.5. The van der Waals surface area contributed by atoms with Gasteiger partial charge in [0.25, 0.3) is 5.91 Å². The lowest BCUT2D eigenvalue weighted by Crippen LogP contribution is -2.16. The number of carbonyl (C=O) groups is 1. The molecule has 0 radical (unpaired) electrons. The Kier molecular flexibility index (Phi) is 6.70. The normalized spacial score (nSPS) is 11.9. The number of hydrogen-bond donors (Lipinski definition) is 1. The smallest absolute Gasteiger partial charge is 0.304 e. The lowest BCUT2D eigenvalue weighted by molar-refractivity contribution is -0.142. The van der Waals surface area contributed by atoms with Crippen LogP contribution < -0.4 is 5.32 Å². The summed E-state index contributed by atoms with van der Waals surface area (Å²) in [5.41, 5.74) is 0.0301. The van der Waals surface area contributed by atoms with E-state index in [0.717, 1.165) is 17.4 Å². The summed E-state index contributed by atoms with van der Waals surface area (Å²) < 4.78 is 57.2. The third-order valence-corrected chi connectivity index (χ3v) is 7.37. The van der Waals surface area contributed by atoms with Crippen molar-refractivity contribution in [3.05, 3.63) is 86.9 Å². The zero-order chi connectivity index (χ0) is 27.2. The van der Waals surface area contributed by atoms with Crippen molar-refractivity contribution in [1.29, 1.82) is 0 Å². The summed E-state index contributed by atoms with van der Waals surface area (Å²) in [5, 5.41) is 11.0. The van der Waals surface area contributed by atoms with Crippen LogP contribution >= 0.6 is 22.9 Å². The minimum absolute atomic E-state index is 0.112. The highest BCUT2D eigenvalue weighted by molar-refractivity contribution is 7.15. The first kappa shape index (κ1) is 25.9. The predicted octanol–water partition coefficient (Wildman–Crippen LogP) is 6.64. The number of nitrogens with one attached hydrogen (secondary N) is 1. The molecule has 0 bridgehead atoms. The monoisotopic (exact) mass is 562 g/mol. The summed E-state index contributed by atoms with van der Waals surface area (Å²) in [7, 11) is 0. The van der Waals surface area contributed by atoms with Crippen molar-refractivity contribution in [3.8, 4) is 10.6 Å². The first-order valence-corrected chi connectivity index (χ1v) is 12.6. The molecule has 0 aliphatic carbocycles. The number of amides is 1. The maximum absolute atomic E-state index is 13.9. The summed E-state index contributed by atoms with van der Waals surface area (Å²) in [6, 6.07) is 11.3. The van der Waals surface area contributed by atoms with Crippen LogP contribution in [0.5, 0.6) is 0 Å². The molecule has 5 aromatic rings. The van der Waals surface area contributed by atoms with Crippen molar-refractivity contribution in [1.82, 2.24) is 24.4 Å². The number of halogens is 5. The molecule has 4 heterocycles. The van der Waals surface area contributed by atoms with Gasteiger partial charge < -0.3 is 5.32 Å². The molecule has 7 nitrogen and oxygen atoms in total. The number of anilines is 1. The van der Waals surface area contributed by atoms with E-state index < -0.39 is 23.6 Å². The van der Waals surface area contributed by atoms with E-state index in [0.29, 0.717) is 20.6 Å². The molecule has 0 spiro atoms. The molecule has 0 saturated heterocycles. The van der Waals surface area contributed by atoms with Crippen LogP contribution in [0, 0.1) is 12.7 Å². The largest absolute Gasteiger partial charge is 0.433 e. The number of hydrogen-bond acceptors (Lipinski definition) is 5. The molecule has 0 fully saturated rings. The Morgan fingerprint density at radius 2 is 1.89 bits per heavy atom. The maximum atomic E-state index is 13.9. The van der Waals surface area contributed by atoms with E-state index >= 15 is 0 Å². The fraction of sp³-hybridized carbons (Fsp3) is 0.200. The van der Waals surface area contributed by atoms with E-state index in [2.05, 4.69) is 20.5 Å². The van der Waals surface area contributed by atoms with E-state index in [1.165, 1.54) is 35.6 Å². The quantitative estimate of drug-likeness (QED) is 0.235. The van der Waals surface area contributed by atoms with Crippen molar-refractivity contribution >= 4 is 40.3 Å². The number of aromatic nitrogens is 5. The van der Waals surface area contributed by atoms with Crippen molar-refractivity contribution < 1.29 is 22.4 Å². The van der Waals surface area contributed by atoms with Crippen LogP contribution in [-0.2, 0) is 19.1 Å². The van der Waals surface area contributed by atoms with Crippen LogP contribution in [0.2, 0.25) is 5.02 Å². The molecule has 38 heavy (non-hydrogen) atoms. The van der Waals surface area contributed by atoms with Gasteiger partial charge in [0.15, 0.2) is 22.9 Å². The Labute approximate surface area is 222 Å². The highest BCUT2D eigenvalue weighted by atomic mass is 35.5. The van der Waals surface area contributed by atoms with E-state index in [1.54, 1.807) is 23.7 Å². The Balaban J connectivity index is 1.43. The van der Waals surface area contributed by atoms with Gasteiger partial charge in [0.2, 0.25) is 0 Å². The molecule has 1 aromatic carbocycles. The third-order valence-electron chi connectivity index (χ3n) is 5.77. The van der Waals surface area contributed by atoms with Crippen LogP contribution in [-0.4, -0.2) is 30.3 Å². The van der Waals surface area contributed by atoms with Gasteiger partial charge in [-0.15, -0.1) is 11.3 Å². The number of nitrogens with zero attached hydrogens (tertiary/aromatic N) is 5. The van der Waals surface area contributed by atoms with Crippen LogP contribution in [0.25, 0.3) is 16.2 Å². The van der Waals surface area contributed by atoms with Gasteiger partial charge in [-0.05, 0) is 49.2 Å². The summed E-state index contributed by atoms with van der Waals surface area (Å²) in [4.78, 5) is 18.8. The number of benzene rings is 1. The molecule has 13 heteroatoms. The summed E-state index contributed by atoms with van der Waals surface area (Å²) >= 11 is 7.46. The number of thiophene rings is 1. The van der Waals surface area contributed by atoms with Crippen molar-refractivity contribution in [2.75, 3.05) is 5.32 Å². The van der Waals surface area contributed by atoms with Gasteiger partial charge in [-0.1, -0.05) is 24.6 Å². The number of carbonyl (C=O) groups excluding carboxylic acids is 1. The third kappa shape index (κ3) is 5.14. The van der Waals surface area contributed by atoms with Gasteiger partial charge in [0.1, 0.15) is 5.82 Å². The first-order valence-electron chi connectivity index (χ1n) is 11.4. The Bertz CT molecular complexity index is 1670. The summed E-state index contributed by atoms with van der Waals surface area (Å²) in [6.45, 7) is 3.93. The fourth-order valence-corrected chi connectivity index (χ4v) is 4.98. The molecule has 4 aromatic heterocycles. The lowest BCUT2D eigenvalue weighted by Gasteiger charge is -2.10. The van der Waals surface area contributed by atoms with Crippen molar-refractivity contribution in [2.45, 2.75) is 33.0 Å². The molecule has 0 atom stereocenters. The van der Waals surface area contributed by atoms with Crippen LogP contribution in [0.1, 0.15) is 39.2 Å². The molecule has 0 aliphatic heterocycles. The SMILES string of the molecule is CCc1ccc(-c2cc(C(F)(F)F)n3nc(C(=O)Nc4cc(C)n(Cc5ccc(F)cc5Cl)n4)cc3n2)s1. The van der Waals surface area contributed by atoms with E-state index in [-0.39, 0.29) is 34.4 Å². The Hall–Kier alpha value is -3.77. The predicted molar refractivity (Wildman–Crippen MR) is 136 cm³/mol. The lowest BCUT2D eigenvalue weighted by atomic mass is 10.2. The molecule has 5 rings (SSSR count). The average Bonchev–Trinajstić information content (AvgIpc) is 3.58. The van der Waals surface area contributed by atoms with E-state index in [1.807, 2.05) is 13.0 Å². The van der Waals surface area contributed by atoms with Crippen molar-refractivity contribution in [3.63, 3.8) is 0 Å². The van der Waals surface area contributed by atoms with E-state index in [9.17, 15) is 22.4 Å². The number of fused-ring (bicyclic) bond motifs is 1. The number of aryl methyl sites for hydroxylation is 2. The molecule has 0 unspecified atom stereocenters. The van der Waals surface area contributed by atoms with Gasteiger partial charge in [-0.2, -0.15) is 23.4 Å². The number of alkyl halides is 3. The molecular formula is C25H19ClF4N6OS. The average molecular weight is 563 g/mol. The second-order valence-electron chi connectivity index (χ2n) is 8.46. The first-order chi connectivity index (χ1) is 18.0. The minimum Gasteiger partial charge on any atom is -0.304 e. The second-order valence-corrected chi connectivity index (χ2v) is 10.0.